The third kappa shape index (κ3) is 5.11. The Morgan fingerprint density at radius 2 is 1.96 bits per heavy atom. The van der Waals surface area contributed by atoms with Gasteiger partial charge in [-0.15, -0.1) is 0 Å². The molecule has 0 aliphatic rings. The van der Waals surface area contributed by atoms with Gasteiger partial charge in [-0.3, -0.25) is 0 Å². The Kier molecular flexibility index (Phi) is 6.49. The number of hydrogen-bond donors (Lipinski definition) is 1. The SMILES string of the molecule is CCCc1c(OC(=O)NCCc2cccc(Cl)c2)cnn1-c1ccccc1. The average molecular weight is 384 g/mol. The molecular formula is C21H22ClN3O2. The highest BCUT2D eigenvalue weighted by atomic mass is 35.5. The molecular weight excluding hydrogens is 362 g/mol. The Balaban J connectivity index is 1.62. The summed E-state index contributed by atoms with van der Waals surface area (Å²) >= 11 is 5.97. The second-order valence-corrected chi connectivity index (χ2v) is 6.59. The Bertz CT molecular complexity index is 893. The largest absolute Gasteiger partial charge is 0.412 e. The van der Waals surface area contributed by atoms with Crippen LogP contribution in [0.4, 0.5) is 4.79 Å². The van der Waals surface area contributed by atoms with Crippen molar-refractivity contribution in [2.75, 3.05) is 6.54 Å². The fraction of sp³-hybridized carbons (Fsp3) is 0.238. The average Bonchev–Trinajstić information content (AvgIpc) is 3.05. The fourth-order valence-corrected chi connectivity index (χ4v) is 3.05. The zero-order chi connectivity index (χ0) is 19.1. The predicted octanol–water partition coefficient (Wildman–Crippen LogP) is 4.81. The topological polar surface area (TPSA) is 56.1 Å². The molecule has 1 N–H and O–H groups in total. The second kappa shape index (κ2) is 9.24. The van der Waals surface area contributed by atoms with Crippen LogP contribution in [0, 0.1) is 0 Å². The summed E-state index contributed by atoms with van der Waals surface area (Å²) in [6, 6.07) is 17.4. The van der Waals surface area contributed by atoms with Crippen LogP contribution in [0.1, 0.15) is 24.6 Å². The van der Waals surface area contributed by atoms with Gasteiger partial charge in [-0.1, -0.05) is 55.3 Å². The molecule has 0 aliphatic heterocycles. The van der Waals surface area contributed by atoms with E-state index in [9.17, 15) is 4.79 Å². The molecule has 1 amide bonds. The highest BCUT2D eigenvalue weighted by molar-refractivity contribution is 6.30. The van der Waals surface area contributed by atoms with E-state index in [1.165, 1.54) is 0 Å². The van der Waals surface area contributed by atoms with Crippen molar-refractivity contribution >= 4 is 17.7 Å². The number of rotatable bonds is 7. The number of carbonyl (C=O) groups excluding carboxylic acids is 1. The summed E-state index contributed by atoms with van der Waals surface area (Å²) < 4.78 is 7.32. The summed E-state index contributed by atoms with van der Waals surface area (Å²) in [5, 5.41) is 7.86. The molecule has 0 aliphatic carbocycles. The van der Waals surface area contributed by atoms with Gasteiger partial charge in [0.25, 0.3) is 0 Å². The summed E-state index contributed by atoms with van der Waals surface area (Å²) in [4.78, 5) is 12.2. The molecule has 0 saturated heterocycles. The van der Waals surface area contributed by atoms with E-state index in [0.717, 1.165) is 29.8 Å². The smallest absolute Gasteiger partial charge is 0.407 e. The minimum Gasteiger partial charge on any atom is -0.407 e. The minimum atomic E-state index is -0.484. The van der Waals surface area contributed by atoms with Gasteiger partial charge in [-0.2, -0.15) is 5.10 Å². The quantitative estimate of drug-likeness (QED) is 0.637. The first-order valence-electron chi connectivity index (χ1n) is 9.00. The number of halogens is 1. The number of ether oxygens (including phenoxy) is 1. The van der Waals surface area contributed by atoms with Gasteiger partial charge in [-0.05, 0) is 42.7 Å². The van der Waals surface area contributed by atoms with E-state index >= 15 is 0 Å². The van der Waals surface area contributed by atoms with Crippen LogP contribution < -0.4 is 10.1 Å². The fourth-order valence-electron chi connectivity index (χ4n) is 2.84. The lowest BCUT2D eigenvalue weighted by molar-refractivity contribution is 0.200. The zero-order valence-corrected chi connectivity index (χ0v) is 15.9. The number of hydrogen-bond acceptors (Lipinski definition) is 3. The predicted molar refractivity (Wildman–Crippen MR) is 107 cm³/mol. The molecule has 0 atom stereocenters. The molecule has 1 aromatic heterocycles. The molecule has 0 unspecified atom stereocenters. The highest BCUT2D eigenvalue weighted by Gasteiger charge is 2.15. The summed E-state index contributed by atoms with van der Waals surface area (Å²) in [5.41, 5.74) is 2.89. The van der Waals surface area contributed by atoms with Gasteiger partial charge in [0, 0.05) is 11.6 Å². The van der Waals surface area contributed by atoms with Gasteiger partial charge in [0.1, 0.15) is 0 Å². The van der Waals surface area contributed by atoms with Crippen molar-refractivity contribution in [1.29, 1.82) is 0 Å². The summed E-state index contributed by atoms with van der Waals surface area (Å²) in [6.07, 6.45) is 3.47. The molecule has 0 spiro atoms. The van der Waals surface area contributed by atoms with Crippen molar-refractivity contribution in [3.05, 3.63) is 77.1 Å². The molecule has 0 bridgehead atoms. The van der Waals surface area contributed by atoms with Crippen LogP contribution in [-0.4, -0.2) is 22.4 Å². The van der Waals surface area contributed by atoms with Gasteiger partial charge < -0.3 is 10.1 Å². The van der Waals surface area contributed by atoms with Crippen LogP contribution in [0.25, 0.3) is 5.69 Å². The Labute approximate surface area is 163 Å². The Morgan fingerprint density at radius 3 is 2.70 bits per heavy atom. The molecule has 3 aromatic rings. The highest BCUT2D eigenvalue weighted by Crippen LogP contribution is 2.23. The van der Waals surface area contributed by atoms with Crippen LogP contribution >= 0.6 is 11.6 Å². The van der Waals surface area contributed by atoms with Crippen LogP contribution in [0.5, 0.6) is 5.75 Å². The second-order valence-electron chi connectivity index (χ2n) is 6.15. The van der Waals surface area contributed by atoms with E-state index in [1.807, 2.05) is 59.3 Å². The van der Waals surface area contributed by atoms with Gasteiger partial charge in [0.2, 0.25) is 0 Å². The van der Waals surface area contributed by atoms with E-state index in [2.05, 4.69) is 17.3 Å². The first kappa shape index (κ1) is 19.0. The van der Waals surface area contributed by atoms with E-state index in [4.69, 9.17) is 16.3 Å². The Morgan fingerprint density at radius 1 is 1.15 bits per heavy atom. The van der Waals surface area contributed by atoms with Crippen LogP contribution in [0.3, 0.4) is 0 Å². The number of nitrogens with zero attached hydrogens (tertiary/aromatic N) is 2. The summed E-state index contributed by atoms with van der Waals surface area (Å²) in [5.74, 6) is 0.487. The molecule has 0 radical (unpaired) electrons. The molecule has 0 fully saturated rings. The first-order chi connectivity index (χ1) is 13.2. The van der Waals surface area contributed by atoms with Crippen LogP contribution in [-0.2, 0) is 12.8 Å². The lowest BCUT2D eigenvalue weighted by Crippen LogP contribution is -2.29. The van der Waals surface area contributed by atoms with E-state index in [1.54, 1.807) is 6.20 Å². The Hall–Kier alpha value is -2.79. The number of nitrogens with one attached hydrogen (secondary N) is 1. The molecule has 1 heterocycles. The third-order valence-corrected chi connectivity index (χ3v) is 4.33. The van der Waals surface area contributed by atoms with Crippen molar-refractivity contribution in [2.45, 2.75) is 26.2 Å². The molecule has 140 valence electrons. The van der Waals surface area contributed by atoms with Crippen molar-refractivity contribution in [2.24, 2.45) is 0 Å². The molecule has 3 rings (SSSR count). The van der Waals surface area contributed by atoms with Crippen molar-refractivity contribution < 1.29 is 9.53 Å². The molecule has 5 nitrogen and oxygen atoms in total. The number of carbonyl (C=O) groups is 1. The van der Waals surface area contributed by atoms with Gasteiger partial charge >= 0.3 is 6.09 Å². The summed E-state index contributed by atoms with van der Waals surface area (Å²) in [6.45, 7) is 2.55. The monoisotopic (exact) mass is 383 g/mol. The number of aromatic nitrogens is 2. The molecule has 0 saturated carbocycles. The maximum absolute atomic E-state index is 12.2. The van der Waals surface area contributed by atoms with Gasteiger partial charge in [0.15, 0.2) is 5.75 Å². The first-order valence-corrected chi connectivity index (χ1v) is 9.37. The third-order valence-electron chi connectivity index (χ3n) is 4.09. The number of benzene rings is 2. The molecule has 2 aromatic carbocycles. The number of amides is 1. The normalized spacial score (nSPS) is 10.6. The van der Waals surface area contributed by atoms with E-state index < -0.39 is 6.09 Å². The zero-order valence-electron chi connectivity index (χ0n) is 15.2. The number of para-hydroxylation sites is 1. The van der Waals surface area contributed by atoms with E-state index in [-0.39, 0.29) is 0 Å². The van der Waals surface area contributed by atoms with Crippen molar-refractivity contribution in [3.63, 3.8) is 0 Å². The van der Waals surface area contributed by atoms with Crippen LogP contribution in [0.15, 0.2) is 60.8 Å². The lowest BCUT2D eigenvalue weighted by Gasteiger charge is -2.10. The van der Waals surface area contributed by atoms with Gasteiger partial charge in [-0.25, -0.2) is 9.48 Å². The van der Waals surface area contributed by atoms with E-state index in [0.29, 0.717) is 23.7 Å². The maximum Gasteiger partial charge on any atom is 0.412 e. The molecule has 6 heteroatoms. The minimum absolute atomic E-state index is 0.467. The van der Waals surface area contributed by atoms with Crippen LogP contribution in [0.2, 0.25) is 5.02 Å². The van der Waals surface area contributed by atoms with Gasteiger partial charge in [0.05, 0.1) is 17.6 Å². The maximum atomic E-state index is 12.2. The molecule has 27 heavy (non-hydrogen) atoms. The van der Waals surface area contributed by atoms with Crippen molar-refractivity contribution in [3.8, 4) is 11.4 Å². The lowest BCUT2D eigenvalue weighted by atomic mass is 10.1. The standard InChI is InChI=1S/C21H22ClN3O2/c1-2-7-19-20(15-24-25(19)18-10-4-3-5-11-18)27-21(26)23-13-12-16-8-6-9-17(22)14-16/h3-6,8-11,14-15H,2,7,12-13H2,1H3,(H,23,26). The van der Waals surface area contributed by atoms with Crippen molar-refractivity contribution in [1.82, 2.24) is 15.1 Å². The summed E-state index contributed by atoms with van der Waals surface area (Å²) in [7, 11) is 0.